The molecule has 0 saturated carbocycles. The summed E-state index contributed by atoms with van der Waals surface area (Å²) in [4.78, 5) is 26.4. The maximum Gasteiger partial charge on any atom is 0.257 e. The monoisotopic (exact) mass is 391 g/mol. The van der Waals surface area contributed by atoms with Crippen LogP contribution in [-0.2, 0) is 11.2 Å². The number of carbonyl (C=O) groups is 2. The zero-order valence-electron chi connectivity index (χ0n) is 16.6. The Bertz CT molecular complexity index is 1120. The molecule has 2 amide bonds. The van der Waals surface area contributed by atoms with Crippen molar-refractivity contribution in [1.82, 2.24) is 4.57 Å². The summed E-state index contributed by atoms with van der Waals surface area (Å²) < 4.78 is 15.2. The maximum atomic E-state index is 13.2. The van der Waals surface area contributed by atoms with Crippen LogP contribution in [0.25, 0.3) is 5.69 Å². The topological polar surface area (TPSA) is 54.3 Å². The third-order valence-corrected chi connectivity index (χ3v) is 5.37. The van der Waals surface area contributed by atoms with E-state index in [1.807, 2.05) is 42.7 Å². The van der Waals surface area contributed by atoms with E-state index in [-0.39, 0.29) is 17.6 Å². The predicted octanol–water partition coefficient (Wildman–Crippen LogP) is 4.39. The number of anilines is 2. The van der Waals surface area contributed by atoms with Crippen molar-refractivity contribution in [3.8, 4) is 5.69 Å². The number of hydrogen-bond acceptors (Lipinski definition) is 2. The molecule has 1 aliphatic heterocycles. The Morgan fingerprint density at radius 1 is 1.03 bits per heavy atom. The van der Waals surface area contributed by atoms with Crippen molar-refractivity contribution >= 4 is 23.2 Å². The van der Waals surface area contributed by atoms with Crippen molar-refractivity contribution in [3.05, 3.63) is 76.9 Å². The Labute approximate surface area is 168 Å². The lowest BCUT2D eigenvalue weighted by Crippen LogP contribution is -2.25. The van der Waals surface area contributed by atoms with E-state index < -0.39 is 0 Å². The van der Waals surface area contributed by atoms with Gasteiger partial charge in [0.25, 0.3) is 5.91 Å². The lowest BCUT2D eigenvalue weighted by Gasteiger charge is -2.15. The van der Waals surface area contributed by atoms with Crippen LogP contribution in [0.1, 0.15) is 34.2 Å². The average Bonchev–Trinajstić information content (AvgIpc) is 3.23. The zero-order valence-corrected chi connectivity index (χ0v) is 16.6. The van der Waals surface area contributed by atoms with Crippen LogP contribution in [0, 0.1) is 19.7 Å². The highest BCUT2D eigenvalue weighted by Gasteiger charge is 2.23. The Balaban J connectivity index is 1.59. The minimum absolute atomic E-state index is 0.0220. The van der Waals surface area contributed by atoms with E-state index in [0.29, 0.717) is 17.8 Å². The Morgan fingerprint density at radius 2 is 1.76 bits per heavy atom. The lowest BCUT2D eigenvalue weighted by molar-refractivity contribution is -0.116. The van der Waals surface area contributed by atoms with Crippen LogP contribution in [-0.4, -0.2) is 22.9 Å². The van der Waals surface area contributed by atoms with Crippen LogP contribution in [0.15, 0.2) is 48.5 Å². The molecule has 0 atom stereocenters. The second-order valence-electron chi connectivity index (χ2n) is 7.31. The number of hydrogen-bond donors (Lipinski definition) is 1. The van der Waals surface area contributed by atoms with Crippen molar-refractivity contribution in [2.75, 3.05) is 16.8 Å². The molecule has 0 fully saturated rings. The number of amides is 2. The first-order chi connectivity index (χ1) is 13.8. The number of carbonyl (C=O) groups excluding carboxylic acids is 2. The number of nitrogens with one attached hydrogen (secondary N) is 1. The summed E-state index contributed by atoms with van der Waals surface area (Å²) in [6.07, 6.45) is 0.775. The summed E-state index contributed by atoms with van der Waals surface area (Å²) in [6, 6.07) is 13.6. The molecule has 29 heavy (non-hydrogen) atoms. The smallest absolute Gasteiger partial charge is 0.257 e. The van der Waals surface area contributed by atoms with Crippen molar-refractivity contribution in [2.45, 2.75) is 27.2 Å². The van der Waals surface area contributed by atoms with Gasteiger partial charge in [-0.25, -0.2) is 4.39 Å². The summed E-state index contributed by atoms with van der Waals surface area (Å²) in [7, 11) is 0. The number of benzene rings is 2. The summed E-state index contributed by atoms with van der Waals surface area (Å²) in [6.45, 7) is 6.01. The molecule has 0 saturated heterocycles. The Kier molecular flexibility index (Phi) is 4.70. The fourth-order valence-electron chi connectivity index (χ4n) is 3.99. The normalized spacial score (nSPS) is 12.8. The molecule has 5 nitrogen and oxygen atoms in total. The van der Waals surface area contributed by atoms with Gasteiger partial charge in [0.05, 0.1) is 5.56 Å². The van der Waals surface area contributed by atoms with E-state index in [1.165, 1.54) is 12.1 Å². The molecule has 0 radical (unpaired) electrons. The number of aromatic nitrogens is 1. The first-order valence-electron chi connectivity index (χ1n) is 9.52. The standard InChI is InChI=1S/C23H22FN3O2/c1-14-12-21(15(2)27(14)20-7-4-18(24)5-8-20)23(29)25-19-6-9-22-17(13-19)10-11-26(22)16(3)28/h4-9,12-13H,10-11H2,1-3H3,(H,25,29). The quantitative estimate of drug-likeness (QED) is 0.720. The molecule has 0 spiro atoms. The van der Waals surface area contributed by atoms with Gasteiger partial charge in [0.2, 0.25) is 5.91 Å². The predicted molar refractivity (Wildman–Crippen MR) is 111 cm³/mol. The molecule has 1 N–H and O–H groups in total. The fraction of sp³-hybridized carbons (Fsp3) is 0.217. The number of nitrogens with zero attached hydrogens (tertiary/aromatic N) is 2. The van der Waals surface area contributed by atoms with Crippen LogP contribution in [0.3, 0.4) is 0 Å². The van der Waals surface area contributed by atoms with Gasteiger partial charge in [-0.15, -0.1) is 0 Å². The van der Waals surface area contributed by atoms with Gasteiger partial charge in [0.15, 0.2) is 0 Å². The van der Waals surface area contributed by atoms with E-state index in [1.54, 1.807) is 24.0 Å². The summed E-state index contributed by atoms with van der Waals surface area (Å²) >= 11 is 0. The van der Waals surface area contributed by atoms with E-state index in [2.05, 4.69) is 5.32 Å². The van der Waals surface area contributed by atoms with Crippen molar-refractivity contribution in [2.24, 2.45) is 0 Å². The van der Waals surface area contributed by atoms with Gasteiger partial charge in [-0.3, -0.25) is 9.59 Å². The highest BCUT2D eigenvalue weighted by atomic mass is 19.1. The minimum Gasteiger partial charge on any atom is -0.322 e. The first-order valence-corrected chi connectivity index (χ1v) is 9.52. The second kappa shape index (κ2) is 7.20. The largest absolute Gasteiger partial charge is 0.322 e. The van der Waals surface area contributed by atoms with Crippen LogP contribution >= 0.6 is 0 Å². The Hall–Kier alpha value is -3.41. The van der Waals surface area contributed by atoms with Gasteiger partial charge < -0.3 is 14.8 Å². The molecule has 2 heterocycles. The van der Waals surface area contributed by atoms with Crippen molar-refractivity contribution < 1.29 is 14.0 Å². The molecule has 6 heteroatoms. The molecule has 0 unspecified atom stereocenters. The lowest BCUT2D eigenvalue weighted by atomic mass is 10.1. The number of halogens is 1. The van der Waals surface area contributed by atoms with Gasteiger partial charge in [-0.05, 0) is 74.4 Å². The zero-order chi connectivity index (χ0) is 20.7. The second-order valence-corrected chi connectivity index (χ2v) is 7.31. The SMILES string of the molecule is CC(=O)N1CCc2cc(NC(=O)c3cc(C)n(-c4ccc(F)cc4)c3C)ccc21. The molecule has 3 aromatic rings. The highest BCUT2D eigenvalue weighted by molar-refractivity contribution is 6.05. The average molecular weight is 391 g/mol. The van der Waals surface area contributed by atoms with Crippen LogP contribution in [0.5, 0.6) is 0 Å². The number of aryl methyl sites for hydroxylation is 1. The van der Waals surface area contributed by atoms with Gasteiger partial charge in [-0.2, -0.15) is 0 Å². The summed E-state index contributed by atoms with van der Waals surface area (Å²) in [5.41, 5.74) is 5.71. The van der Waals surface area contributed by atoms with Gasteiger partial charge in [0.1, 0.15) is 5.82 Å². The van der Waals surface area contributed by atoms with Crippen molar-refractivity contribution in [1.29, 1.82) is 0 Å². The molecule has 4 rings (SSSR count). The molecule has 1 aliphatic rings. The number of rotatable bonds is 3. The van der Waals surface area contributed by atoms with Crippen molar-refractivity contribution in [3.63, 3.8) is 0 Å². The summed E-state index contributed by atoms with van der Waals surface area (Å²) in [5, 5.41) is 2.96. The molecule has 1 aromatic heterocycles. The van der Waals surface area contributed by atoms with E-state index >= 15 is 0 Å². The van der Waals surface area contributed by atoms with E-state index in [4.69, 9.17) is 0 Å². The molecule has 148 valence electrons. The van der Waals surface area contributed by atoms with Gasteiger partial charge in [-0.1, -0.05) is 0 Å². The van der Waals surface area contributed by atoms with E-state index in [0.717, 1.165) is 34.7 Å². The molecule has 2 aromatic carbocycles. The van der Waals surface area contributed by atoms with Crippen LogP contribution < -0.4 is 10.2 Å². The minimum atomic E-state index is -0.297. The molecular formula is C23H22FN3O2. The Morgan fingerprint density at radius 3 is 2.45 bits per heavy atom. The fourth-order valence-corrected chi connectivity index (χ4v) is 3.99. The summed E-state index contributed by atoms with van der Waals surface area (Å²) in [5.74, 6) is -0.476. The number of fused-ring (bicyclic) bond motifs is 1. The van der Waals surface area contributed by atoms with Gasteiger partial charge in [0, 0.05) is 41.9 Å². The van der Waals surface area contributed by atoms with Crippen LogP contribution in [0.4, 0.5) is 15.8 Å². The maximum absolute atomic E-state index is 13.2. The molecule has 0 bridgehead atoms. The van der Waals surface area contributed by atoms with Gasteiger partial charge >= 0.3 is 0 Å². The highest BCUT2D eigenvalue weighted by Crippen LogP contribution is 2.31. The first kappa shape index (κ1) is 18.9. The molecular weight excluding hydrogens is 369 g/mol. The van der Waals surface area contributed by atoms with E-state index in [9.17, 15) is 14.0 Å². The third-order valence-electron chi connectivity index (χ3n) is 5.37. The molecule has 0 aliphatic carbocycles. The van der Waals surface area contributed by atoms with Crippen LogP contribution in [0.2, 0.25) is 0 Å². The third kappa shape index (κ3) is 3.42.